The van der Waals surface area contributed by atoms with Gasteiger partial charge in [0.15, 0.2) is 10.9 Å². The van der Waals surface area contributed by atoms with Gasteiger partial charge >= 0.3 is 11.9 Å². The van der Waals surface area contributed by atoms with Crippen molar-refractivity contribution in [2.75, 3.05) is 4.90 Å². The van der Waals surface area contributed by atoms with Gasteiger partial charge in [-0.2, -0.15) is 0 Å². The van der Waals surface area contributed by atoms with E-state index in [1.54, 1.807) is 18.2 Å². The van der Waals surface area contributed by atoms with E-state index in [-0.39, 0.29) is 47.6 Å². The van der Waals surface area contributed by atoms with E-state index in [9.17, 15) is 19.1 Å². The smallest absolute Gasteiger partial charge is 0.335 e. The lowest BCUT2D eigenvalue weighted by Gasteiger charge is -2.38. The van der Waals surface area contributed by atoms with Crippen LogP contribution in [0.4, 0.5) is 9.52 Å². The lowest BCUT2D eigenvalue weighted by molar-refractivity contribution is -0.149. The number of rotatable bonds is 7. The molecule has 2 bridgehead atoms. The number of hydrogen-bond acceptors (Lipinski definition) is 8. The van der Waals surface area contributed by atoms with Gasteiger partial charge in [0.1, 0.15) is 23.1 Å². The molecule has 2 unspecified atom stereocenters. The topological polar surface area (TPSA) is 106 Å². The summed E-state index contributed by atoms with van der Waals surface area (Å²) in [6.07, 6.45) is 4.76. The predicted molar refractivity (Wildman–Crippen MR) is 153 cm³/mol. The third-order valence-corrected chi connectivity index (χ3v) is 9.83. The van der Waals surface area contributed by atoms with E-state index in [1.165, 1.54) is 17.4 Å². The van der Waals surface area contributed by atoms with Crippen molar-refractivity contribution >= 4 is 61.8 Å². The monoisotopic (exact) mass is 615 g/mol. The minimum Gasteiger partial charge on any atom is -0.478 e. The molecule has 8 nitrogen and oxygen atoms in total. The first kappa shape index (κ1) is 26.7. The Bertz CT molecular complexity index is 1670. The average molecular weight is 616 g/mol. The molecule has 4 heterocycles. The molecular weight excluding hydrogens is 592 g/mol. The van der Waals surface area contributed by atoms with Crippen LogP contribution in [0.2, 0.25) is 10.0 Å². The highest BCUT2D eigenvalue weighted by atomic mass is 35.5. The lowest BCUT2D eigenvalue weighted by Crippen LogP contribution is -2.46. The number of aromatic nitrogens is 2. The molecule has 4 aromatic rings. The molecule has 2 saturated heterocycles. The Morgan fingerprint density at radius 1 is 1.12 bits per heavy atom. The third-order valence-electron chi connectivity index (χ3n) is 8.18. The number of thiazole rings is 1. The number of nitrogens with zero attached hydrogens (tertiary/aromatic N) is 3. The highest BCUT2D eigenvalue weighted by molar-refractivity contribution is 7.22. The number of ether oxygens (including phenoxy) is 1. The van der Waals surface area contributed by atoms with Crippen LogP contribution in [0.5, 0.6) is 0 Å². The molecule has 7 rings (SSSR count). The molecule has 2 atom stereocenters. The lowest BCUT2D eigenvalue weighted by atomic mass is 9.99. The van der Waals surface area contributed by atoms with Crippen molar-refractivity contribution in [1.82, 2.24) is 10.1 Å². The predicted octanol–water partition coefficient (Wildman–Crippen LogP) is 7.26. The highest BCUT2D eigenvalue weighted by Crippen LogP contribution is 2.47. The van der Waals surface area contributed by atoms with E-state index in [0.717, 1.165) is 31.7 Å². The third kappa shape index (κ3) is 4.85. The Balaban J connectivity index is 1.08. The number of halogens is 3. The summed E-state index contributed by atoms with van der Waals surface area (Å²) in [6.45, 7) is 0. The maximum absolute atomic E-state index is 14.6. The first-order valence-electron chi connectivity index (χ1n) is 13.5. The van der Waals surface area contributed by atoms with Gasteiger partial charge in [0, 0.05) is 42.0 Å². The van der Waals surface area contributed by atoms with Crippen molar-refractivity contribution in [3.05, 3.63) is 63.1 Å². The molecule has 0 radical (unpaired) electrons. The molecule has 2 aliphatic heterocycles. The largest absolute Gasteiger partial charge is 0.478 e. The van der Waals surface area contributed by atoms with Crippen LogP contribution in [-0.4, -0.2) is 45.4 Å². The maximum Gasteiger partial charge on any atom is 0.335 e. The van der Waals surface area contributed by atoms with Gasteiger partial charge in [-0.1, -0.05) is 45.8 Å². The number of hydrogen-bond donors (Lipinski definition) is 1. The van der Waals surface area contributed by atoms with E-state index in [1.807, 2.05) is 0 Å². The van der Waals surface area contributed by atoms with Crippen molar-refractivity contribution in [2.45, 2.75) is 69.1 Å². The van der Waals surface area contributed by atoms with Crippen LogP contribution in [0, 0.1) is 5.82 Å². The number of piperidine rings is 1. The molecule has 2 aromatic heterocycles. The Morgan fingerprint density at radius 2 is 1.83 bits per heavy atom. The molecule has 212 valence electrons. The van der Waals surface area contributed by atoms with Crippen LogP contribution in [0.25, 0.3) is 21.5 Å². The number of carbonyl (C=O) groups excluding carboxylic acids is 1. The van der Waals surface area contributed by atoms with Crippen LogP contribution in [-0.2, 0) is 16.0 Å². The maximum atomic E-state index is 14.6. The number of aromatic carboxylic acids is 1. The number of carboxylic acid groups (broad SMARTS) is 1. The molecule has 3 aliphatic rings. The molecule has 2 aromatic carbocycles. The number of esters is 1. The van der Waals surface area contributed by atoms with E-state index < -0.39 is 11.8 Å². The highest BCUT2D eigenvalue weighted by Gasteiger charge is 2.44. The summed E-state index contributed by atoms with van der Waals surface area (Å²) in [5, 5.41) is 15.1. The first-order valence-corrected chi connectivity index (χ1v) is 15.1. The van der Waals surface area contributed by atoms with Gasteiger partial charge in [0.25, 0.3) is 0 Å². The Labute approximate surface area is 248 Å². The summed E-state index contributed by atoms with van der Waals surface area (Å²) >= 11 is 14.2. The average Bonchev–Trinajstić information content (AvgIpc) is 3.45. The number of anilines is 1. The molecule has 1 N–H and O–H groups in total. The standard InChI is InChI=1S/C29H24Cl2FN3O5S/c30-19-2-1-3-20(31)24(19)25-18(27(40-34-25)13-4-5-13)12-23(36)39-17-10-15-6-7-16(11-17)35(15)29-33-26-21(32)8-14(28(37)38)9-22(26)41-29/h1-3,8-9,13,15-17H,4-7,10-12H2,(H,37,38). The van der Waals surface area contributed by atoms with E-state index in [2.05, 4.69) is 15.0 Å². The second kappa shape index (κ2) is 10.3. The van der Waals surface area contributed by atoms with Gasteiger partial charge in [-0.05, 0) is 49.9 Å². The minimum absolute atomic E-state index is 0.00479. The summed E-state index contributed by atoms with van der Waals surface area (Å²) in [6, 6.07) is 7.85. The van der Waals surface area contributed by atoms with Gasteiger partial charge < -0.3 is 19.3 Å². The van der Waals surface area contributed by atoms with Crippen molar-refractivity contribution in [3.63, 3.8) is 0 Å². The summed E-state index contributed by atoms with van der Waals surface area (Å²) in [4.78, 5) is 31.4. The second-order valence-corrected chi connectivity index (χ2v) is 12.7. The summed E-state index contributed by atoms with van der Waals surface area (Å²) < 4.78 is 26.8. The Morgan fingerprint density at radius 3 is 2.49 bits per heavy atom. The molecule has 0 amide bonds. The fraction of sp³-hybridized carbons (Fsp3) is 0.379. The quantitative estimate of drug-likeness (QED) is 0.217. The zero-order chi connectivity index (χ0) is 28.4. The van der Waals surface area contributed by atoms with Gasteiger partial charge in [0.2, 0.25) is 0 Å². The van der Waals surface area contributed by atoms with Crippen LogP contribution >= 0.6 is 34.5 Å². The van der Waals surface area contributed by atoms with Crippen molar-refractivity contribution in [2.24, 2.45) is 0 Å². The summed E-state index contributed by atoms with van der Waals surface area (Å²) in [5.41, 5.74) is 1.77. The van der Waals surface area contributed by atoms with Gasteiger partial charge in [-0.25, -0.2) is 14.2 Å². The minimum atomic E-state index is -1.18. The molecule has 12 heteroatoms. The number of carbonyl (C=O) groups is 2. The molecular formula is C29H24Cl2FN3O5S. The van der Waals surface area contributed by atoms with E-state index >= 15 is 0 Å². The Kier molecular flexibility index (Phi) is 6.67. The van der Waals surface area contributed by atoms with Crippen molar-refractivity contribution in [3.8, 4) is 11.3 Å². The zero-order valence-corrected chi connectivity index (χ0v) is 23.9. The van der Waals surface area contributed by atoms with E-state index in [4.69, 9.17) is 32.5 Å². The SMILES string of the molecule is O=C(Cc1c(-c2c(Cl)cccc2Cl)noc1C1CC1)OC1CC2CCC(C1)N2c1nc2c(F)cc(C(=O)O)cc2s1. The first-order chi connectivity index (χ1) is 19.8. The van der Waals surface area contributed by atoms with Gasteiger partial charge in [-0.3, -0.25) is 4.79 Å². The fourth-order valence-corrected chi connectivity index (χ4v) is 7.94. The van der Waals surface area contributed by atoms with Crippen LogP contribution in [0.15, 0.2) is 34.9 Å². The molecule has 0 spiro atoms. The van der Waals surface area contributed by atoms with Crippen molar-refractivity contribution in [1.29, 1.82) is 0 Å². The molecule has 3 fully saturated rings. The summed E-state index contributed by atoms with van der Waals surface area (Å²) in [7, 11) is 0. The molecule has 41 heavy (non-hydrogen) atoms. The van der Waals surface area contributed by atoms with Crippen LogP contribution < -0.4 is 4.90 Å². The molecule has 1 saturated carbocycles. The summed E-state index contributed by atoms with van der Waals surface area (Å²) in [5.74, 6) is -1.27. The number of benzene rings is 2. The van der Waals surface area contributed by atoms with Crippen molar-refractivity contribution < 1.29 is 28.3 Å². The normalized spacial score (nSPS) is 21.9. The molecule has 1 aliphatic carbocycles. The van der Waals surface area contributed by atoms with E-state index in [0.29, 0.717) is 55.3 Å². The second-order valence-electron chi connectivity index (χ2n) is 10.9. The number of carboxylic acids is 1. The number of fused-ring (bicyclic) bond motifs is 3. The van der Waals surface area contributed by atoms with Gasteiger partial charge in [-0.15, -0.1) is 0 Å². The van der Waals surface area contributed by atoms with Crippen LogP contribution in [0.3, 0.4) is 0 Å². The van der Waals surface area contributed by atoms with Crippen LogP contribution in [0.1, 0.15) is 66.1 Å². The fourth-order valence-electron chi connectivity index (χ4n) is 6.20. The van der Waals surface area contributed by atoms with Gasteiger partial charge in [0.05, 0.1) is 26.7 Å². The Hall–Kier alpha value is -3.21. The zero-order valence-electron chi connectivity index (χ0n) is 21.6.